The molecule has 0 radical (unpaired) electrons. The van der Waals surface area contributed by atoms with Crippen LogP contribution in [0.15, 0.2) is 21.4 Å². The zero-order valence-electron chi connectivity index (χ0n) is 18.2. The topological polar surface area (TPSA) is 39.4 Å². The molecule has 0 bridgehead atoms. The van der Waals surface area contributed by atoms with E-state index in [-0.39, 0.29) is 11.2 Å². The Balaban J connectivity index is 1.55. The largest absolute Gasteiger partial charge is 0.482 e. The number of hydrogen-bond acceptors (Lipinski definition) is 3. The van der Waals surface area contributed by atoms with E-state index in [0.717, 1.165) is 77.9 Å². The minimum Gasteiger partial charge on any atom is -0.482 e. The van der Waals surface area contributed by atoms with Crippen molar-refractivity contribution in [1.82, 2.24) is 0 Å². The van der Waals surface area contributed by atoms with Gasteiger partial charge in [-0.1, -0.05) is 26.8 Å². The molecule has 1 fully saturated rings. The van der Waals surface area contributed by atoms with Crippen LogP contribution in [0.2, 0.25) is 0 Å². The average Bonchev–Trinajstić information content (AvgIpc) is 2.70. The Morgan fingerprint density at radius 1 is 1.07 bits per heavy atom. The van der Waals surface area contributed by atoms with Crippen molar-refractivity contribution >= 4 is 17.0 Å². The fraction of sp³-hybridized carbons (Fsp3) is 0.577. The first-order valence-electron chi connectivity index (χ1n) is 11.3. The molecule has 1 saturated carbocycles. The van der Waals surface area contributed by atoms with Gasteiger partial charge in [0.1, 0.15) is 16.9 Å². The molecule has 0 unspecified atom stereocenters. The maximum Gasteiger partial charge on any atom is 0.339 e. The van der Waals surface area contributed by atoms with Gasteiger partial charge in [-0.2, -0.15) is 0 Å². The van der Waals surface area contributed by atoms with Crippen LogP contribution in [-0.2, 0) is 12.8 Å². The van der Waals surface area contributed by atoms with Gasteiger partial charge in [0.05, 0.1) is 0 Å². The lowest BCUT2D eigenvalue weighted by atomic mass is 9.68. The Bertz CT molecular complexity index is 1060. The Morgan fingerprint density at radius 3 is 2.45 bits per heavy atom. The molecule has 3 aliphatic rings. The van der Waals surface area contributed by atoms with E-state index in [4.69, 9.17) is 9.15 Å². The van der Waals surface area contributed by atoms with Crippen molar-refractivity contribution in [2.24, 2.45) is 11.3 Å². The summed E-state index contributed by atoms with van der Waals surface area (Å²) in [5.74, 6) is 1.65. The quantitative estimate of drug-likeness (QED) is 0.490. The molecule has 2 heterocycles. The third-order valence-corrected chi connectivity index (χ3v) is 7.65. The second kappa shape index (κ2) is 6.48. The Morgan fingerprint density at radius 2 is 1.76 bits per heavy atom. The van der Waals surface area contributed by atoms with Crippen LogP contribution in [0.4, 0.5) is 0 Å². The van der Waals surface area contributed by atoms with Crippen molar-refractivity contribution in [2.45, 2.75) is 84.7 Å². The second-order valence-electron chi connectivity index (χ2n) is 10.5. The molecule has 1 aromatic carbocycles. The molecule has 1 aromatic heterocycles. The second-order valence-corrected chi connectivity index (χ2v) is 10.5. The van der Waals surface area contributed by atoms with Gasteiger partial charge in [-0.15, -0.1) is 0 Å². The molecular weight excluding hydrogens is 360 g/mol. The molecular formula is C26H32O3. The summed E-state index contributed by atoms with van der Waals surface area (Å²) in [5.41, 5.74) is 4.91. The number of benzene rings is 1. The molecule has 0 atom stereocenters. The zero-order valence-corrected chi connectivity index (χ0v) is 18.2. The number of aryl methyl sites for hydroxylation is 2. The summed E-state index contributed by atoms with van der Waals surface area (Å²) >= 11 is 0. The molecule has 1 spiro atoms. The van der Waals surface area contributed by atoms with Gasteiger partial charge in [0.25, 0.3) is 0 Å². The Labute approximate surface area is 173 Å². The van der Waals surface area contributed by atoms with Gasteiger partial charge in [-0.05, 0) is 87.3 Å². The van der Waals surface area contributed by atoms with E-state index in [1.807, 2.05) is 6.92 Å². The van der Waals surface area contributed by atoms with E-state index < -0.39 is 0 Å². The first-order valence-corrected chi connectivity index (χ1v) is 11.3. The van der Waals surface area contributed by atoms with Crippen LogP contribution >= 0.6 is 0 Å². The predicted molar refractivity (Wildman–Crippen MR) is 118 cm³/mol. The molecule has 3 nitrogen and oxygen atoms in total. The third kappa shape index (κ3) is 3.05. The van der Waals surface area contributed by atoms with Crippen LogP contribution < -0.4 is 10.4 Å². The van der Waals surface area contributed by atoms with Crippen molar-refractivity contribution in [2.75, 3.05) is 0 Å². The van der Waals surface area contributed by atoms with Gasteiger partial charge in [-0.3, -0.25) is 0 Å². The normalized spacial score (nSPS) is 26.3. The molecule has 0 N–H and O–H groups in total. The summed E-state index contributed by atoms with van der Waals surface area (Å²) in [7, 11) is 0. The highest BCUT2D eigenvalue weighted by Crippen LogP contribution is 2.48. The minimum absolute atomic E-state index is 0.151. The van der Waals surface area contributed by atoms with E-state index in [1.165, 1.54) is 18.4 Å². The van der Waals surface area contributed by atoms with Crippen LogP contribution in [0, 0.1) is 18.3 Å². The maximum atomic E-state index is 12.6. The van der Waals surface area contributed by atoms with Crippen LogP contribution in [0.25, 0.3) is 17.0 Å². The molecule has 2 aromatic rings. The highest BCUT2D eigenvalue weighted by molar-refractivity contribution is 5.90. The molecule has 1 aliphatic heterocycles. The van der Waals surface area contributed by atoms with E-state index in [1.54, 1.807) is 0 Å². The van der Waals surface area contributed by atoms with Gasteiger partial charge in [0, 0.05) is 22.1 Å². The van der Waals surface area contributed by atoms with Crippen molar-refractivity contribution < 1.29 is 9.15 Å². The summed E-state index contributed by atoms with van der Waals surface area (Å²) in [4.78, 5) is 12.6. The van der Waals surface area contributed by atoms with Gasteiger partial charge in [0.15, 0.2) is 0 Å². The maximum absolute atomic E-state index is 12.6. The highest BCUT2D eigenvalue weighted by atomic mass is 16.5. The highest BCUT2D eigenvalue weighted by Gasteiger charge is 2.41. The van der Waals surface area contributed by atoms with Crippen LogP contribution in [0.5, 0.6) is 5.75 Å². The summed E-state index contributed by atoms with van der Waals surface area (Å²) in [6, 6.07) is 2.19. The summed E-state index contributed by atoms with van der Waals surface area (Å²) in [6.07, 6.45) is 13.1. The first kappa shape index (κ1) is 19.0. The monoisotopic (exact) mass is 392 g/mol. The molecule has 29 heavy (non-hydrogen) atoms. The third-order valence-electron chi connectivity index (χ3n) is 7.65. The van der Waals surface area contributed by atoms with Crippen molar-refractivity contribution in [3.8, 4) is 5.75 Å². The lowest BCUT2D eigenvalue weighted by molar-refractivity contribution is 0.0317. The number of fused-ring (bicyclic) bond motifs is 4. The van der Waals surface area contributed by atoms with Crippen LogP contribution in [0.3, 0.4) is 0 Å². The molecule has 154 valence electrons. The average molecular weight is 393 g/mol. The molecule has 0 amide bonds. The zero-order chi connectivity index (χ0) is 20.4. The SMILES string of the molecule is Cc1c2c(cc3c4c(c(=O)oc13)CCCC4)C=CC1(CCC(C(C)(C)C)CC1)O2. The summed E-state index contributed by atoms with van der Waals surface area (Å²) in [5, 5.41) is 1.11. The van der Waals surface area contributed by atoms with Gasteiger partial charge >= 0.3 is 5.63 Å². The van der Waals surface area contributed by atoms with E-state index in [9.17, 15) is 4.79 Å². The van der Waals surface area contributed by atoms with Crippen LogP contribution in [0.1, 0.15) is 81.5 Å². The van der Waals surface area contributed by atoms with Gasteiger partial charge in [-0.25, -0.2) is 4.79 Å². The first-order chi connectivity index (χ1) is 13.8. The Kier molecular flexibility index (Phi) is 4.24. The van der Waals surface area contributed by atoms with E-state index in [2.05, 4.69) is 39.0 Å². The molecule has 0 saturated heterocycles. The number of ether oxygens (including phenoxy) is 1. The lowest BCUT2D eigenvalue weighted by Gasteiger charge is -2.44. The van der Waals surface area contributed by atoms with Gasteiger partial charge < -0.3 is 9.15 Å². The van der Waals surface area contributed by atoms with Crippen molar-refractivity contribution in [3.05, 3.63) is 44.8 Å². The van der Waals surface area contributed by atoms with E-state index >= 15 is 0 Å². The predicted octanol–water partition coefficient (Wildman–Crippen LogP) is 6.36. The van der Waals surface area contributed by atoms with Crippen molar-refractivity contribution in [3.63, 3.8) is 0 Å². The number of rotatable bonds is 0. The smallest absolute Gasteiger partial charge is 0.339 e. The Hall–Kier alpha value is -2.03. The molecule has 2 aliphatic carbocycles. The summed E-state index contributed by atoms with van der Waals surface area (Å²) in [6.45, 7) is 9.09. The fourth-order valence-electron chi connectivity index (χ4n) is 5.73. The summed E-state index contributed by atoms with van der Waals surface area (Å²) < 4.78 is 12.5. The fourth-order valence-corrected chi connectivity index (χ4v) is 5.73. The van der Waals surface area contributed by atoms with Gasteiger partial charge in [0.2, 0.25) is 0 Å². The standard InChI is InChI=1S/C26H32O3/c1-16-22-17(9-12-26(29-22)13-10-18(11-14-26)25(2,3)4)15-21-19-7-5-6-8-20(19)24(27)28-23(16)21/h9,12,15,18H,5-8,10-11,13-14H2,1-4H3. The molecule has 5 rings (SSSR count). The van der Waals surface area contributed by atoms with E-state index in [0.29, 0.717) is 5.41 Å². The molecule has 3 heteroatoms. The van der Waals surface area contributed by atoms with Crippen LogP contribution in [-0.4, -0.2) is 5.60 Å². The minimum atomic E-state index is -0.207. The van der Waals surface area contributed by atoms with Crippen molar-refractivity contribution in [1.29, 1.82) is 0 Å². The lowest BCUT2D eigenvalue weighted by Crippen LogP contribution is -2.42. The number of hydrogen-bond donors (Lipinski definition) is 0.